The number of anilines is 2. The molecule has 0 bridgehead atoms. The molecule has 0 unspecified atom stereocenters. The number of nitrogens with zero attached hydrogens (tertiary/aromatic N) is 5. The van der Waals surface area contributed by atoms with Crippen LogP contribution in [0.5, 0.6) is 0 Å². The number of unbranched alkanes of at least 4 members (excludes halogenated alkanes) is 8. The molecule has 2 aromatic carbocycles. The third-order valence-electron chi connectivity index (χ3n) is 9.05. The number of carbonyl (C=O) groups excluding carboxylic acids is 1. The Kier molecular flexibility index (Phi) is 13.0. The topological polar surface area (TPSA) is 184 Å². The van der Waals surface area contributed by atoms with Crippen molar-refractivity contribution in [3.63, 3.8) is 0 Å². The highest BCUT2D eigenvalue weighted by Gasteiger charge is 2.47. The number of aliphatic hydroxyl groups is 2. The van der Waals surface area contributed by atoms with Gasteiger partial charge in [0.2, 0.25) is 10.0 Å². The number of likely N-dealkylation sites (N-methyl/N-ethyl adjacent to an activating group) is 1. The minimum Gasteiger partial charge on any atom is -0.387 e. The molecule has 0 saturated carbocycles. The molecular weight excluding hydrogens is 661 g/mol. The van der Waals surface area contributed by atoms with Gasteiger partial charge < -0.3 is 30.5 Å². The van der Waals surface area contributed by atoms with Crippen molar-refractivity contribution in [2.75, 3.05) is 43.9 Å². The first-order valence-corrected chi connectivity index (χ1v) is 19.0. The van der Waals surface area contributed by atoms with Crippen LogP contribution in [0, 0.1) is 0 Å². The first kappa shape index (κ1) is 37.4. The minimum atomic E-state index is -3.60. The third kappa shape index (κ3) is 8.69. The maximum absolute atomic E-state index is 13.1. The fourth-order valence-electron chi connectivity index (χ4n) is 6.42. The van der Waals surface area contributed by atoms with Gasteiger partial charge in [-0.05, 0) is 31.9 Å². The van der Waals surface area contributed by atoms with E-state index in [1.165, 1.54) is 17.2 Å². The molecule has 4 aromatic rings. The van der Waals surface area contributed by atoms with Crippen LogP contribution in [0.15, 0.2) is 53.9 Å². The summed E-state index contributed by atoms with van der Waals surface area (Å²) in [5.41, 5.74) is 1.93. The lowest BCUT2D eigenvalue weighted by atomic mass is 10.1. The summed E-state index contributed by atoms with van der Waals surface area (Å²) in [6, 6.07) is 11.2. The summed E-state index contributed by atoms with van der Waals surface area (Å²) >= 11 is 0. The van der Waals surface area contributed by atoms with E-state index >= 15 is 0 Å². The molecule has 15 heteroatoms. The highest BCUT2D eigenvalue weighted by Crippen LogP contribution is 2.33. The first-order chi connectivity index (χ1) is 24.1. The monoisotopic (exact) mass is 710 g/mol. The van der Waals surface area contributed by atoms with Crippen LogP contribution in [0.4, 0.5) is 11.5 Å². The number of aliphatic hydroxyl groups excluding tert-OH is 2. The number of rotatable bonds is 19. The molecule has 50 heavy (non-hydrogen) atoms. The van der Waals surface area contributed by atoms with Gasteiger partial charge in [0.1, 0.15) is 18.5 Å². The second kappa shape index (κ2) is 17.4. The molecule has 1 amide bonds. The van der Waals surface area contributed by atoms with E-state index in [-0.39, 0.29) is 0 Å². The highest BCUT2D eigenvalue weighted by atomic mass is 32.2. The second-order valence-corrected chi connectivity index (χ2v) is 14.6. The molecule has 1 saturated heterocycles. The van der Waals surface area contributed by atoms with Crippen LogP contribution in [0.2, 0.25) is 0 Å². The lowest BCUT2D eigenvalue weighted by Crippen LogP contribution is -2.42. The van der Waals surface area contributed by atoms with Crippen molar-refractivity contribution in [2.45, 2.75) is 94.1 Å². The Morgan fingerprint density at radius 3 is 2.24 bits per heavy atom. The van der Waals surface area contributed by atoms with Crippen LogP contribution in [0.3, 0.4) is 0 Å². The summed E-state index contributed by atoms with van der Waals surface area (Å²) in [5, 5.41) is 28.6. The Balaban J connectivity index is 0.956. The van der Waals surface area contributed by atoms with Gasteiger partial charge in [0, 0.05) is 50.2 Å². The molecule has 2 aromatic heterocycles. The number of hydrogen-bond acceptors (Lipinski definition) is 11. The summed E-state index contributed by atoms with van der Waals surface area (Å²) in [5.74, 6) is 0.0818. The van der Waals surface area contributed by atoms with Gasteiger partial charge in [-0.15, -0.1) is 0 Å². The predicted molar refractivity (Wildman–Crippen MR) is 193 cm³/mol. The van der Waals surface area contributed by atoms with Crippen LogP contribution in [-0.2, 0) is 19.6 Å². The maximum Gasteiger partial charge on any atom is 0.252 e. The number of aromatic nitrogens is 4. The zero-order chi connectivity index (χ0) is 35.7. The van der Waals surface area contributed by atoms with E-state index in [2.05, 4.69) is 30.3 Å². The van der Waals surface area contributed by atoms with Gasteiger partial charge in [-0.1, -0.05) is 69.2 Å². The molecule has 4 atom stereocenters. The number of hydrogen-bond donors (Lipinski definition) is 5. The predicted octanol–water partition coefficient (Wildman–Crippen LogP) is 3.70. The van der Waals surface area contributed by atoms with Gasteiger partial charge in [-0.25, -0.2) is 28.1 Å². The normalized spacial score (nSPS) is 19.3. The number of nitrogens with one attached hydrogen (secondary N) is 3. The quantitative estimate of drug-likeness (QED) is 0.0895. The number of benzene rings is 2. The number of imidazole rings is 1. The van der Waals surface area contributed by atoms with Gasteiger partial charge in [-0.2, -0.15) is 0 Å². The molecule has 14 nitrogen and oxygen atoms in total. The van der Waals surface area contributed by atoms with Crippen LogP contribution < -0.4 is 20.3 Å². The lowest BCUT2D eigenvalue weighted by Gasteiger charge is -2.17. The number of fused-ring (bicyclic) bond motifs is 2. The maximum atomic E-state index is 13.1. The third-order valence-corrected chi connectivity index (χ3v) is 10.6. The van der Waals surface area contributed by atoms with Crippen molar-refractivity contribution in [2.24, 2.45) is 0 Å². The van der Waals surface area contributed by atoms with E-state index in [0.717, 1.165) is 74.2 Å². The Hall–Kier alpha value is -3.89. The standard InChI is InChI=1S/C35H50N8O6S/c1-4-36-34(46)31-29(44)30(45)35(49-31)43-23-40-28-32(38-22-39-33(28)43)37-20-12-10-8-6-5-7-9-11-13-21-41-50(47,48)27-19-15-16-24-25(27)17-14-18-26(24)42(2)3/h14-19,22-23,29-31,35,41,44-45H,4-13,20-21H2,1-3H3,(H,36,46)(H,37,38,39)/t29-,30+,31-,35+/m0/s1. The number of ether oxygens (including phenoxy) is 1. The fourth-order valence-corrected chi connectivity index (χ4v) is 7.71. The van der Waals surface area contributed by atoms with Crippen LogP contribution in [-0.4, -0.2) is 96.1 Å². The average Bonchev–Trinajstić information content (AvgIpc) is 3.66. The van der Waals surface area contributed by atoms with Crippen molar-refractivity contribution in [3.05, 3.63) is 49.1 Å². The Morgan fingerprint density at radius 2 is 1.54 bits per heavy atom. The zero-order valence-corrected chi connectivity index (χ0v) is 29.9. The Morgan fingerprint density at radius 1 is 0.880 bits per heavy atom. The van der Waals surface area contributed by atoms with E-state index in [1.54, 1.807) is 19.1 Å². The highest BCUT2D eigenvalue weighted by molar-refractivity contribution is 7.89. The molecule has 3 heterocycles. The lowest BCUT2D eigenvalue weighted by molar-refractivity contribution is -0.137. The van der Waals surface area contributed by atoms with E-state index in [0.29, 0.717) is 41.5 Å². The largest absolute Gasteiger partial charge is 0.387 e. The molecule has 1 fully saturated rings. The molecule has 5 rings (SSSR count). The SMILES string of the molecule is CCNC(=O)[C@H]1O[C@@H](n2cnc3c(NCCCCCCCCCCCNS(=O)(=O)c4cccc5c(N(C)C)cccc45)ncnc32)[C@H](O)[C@@H]1O. The molecule has 5 N–H and O–H groups in total. The Labute approximate surface area is 293 Å². The zero-order valence-electron chi connectivity index (χ0n) is 29.1. The second-order valence-electron chi connectivity index (χ2n) is 12.9. The van der Waals surface area contributed by atoms with Gasteiger partial charge in [0.15, 0.2) is 29.3 Å². The summed E-state index contributed by atoms with van der Waals surface area (Å²) < 4.78 is 36.2. The number of carbonyl (C=O) groups is 1. The molecule has 1 aliphatic heterocycles. The van der Waals surface area contributed by atoms with Crippen molar-refractivity contribution < 1.29 is 28.2 Å². The molecule has 1 aliphatic rings. The molecule has 0 spiro atoms. The average molecular weight is 711 g/mol. The van der Waals surface area contributed by atoms with Gasteiger partial charge >= 0.3 is 0 Å². The van der Waals surface area contributed by atoms with Crippen LogP contribution in [0.25, 0.3) is 21.9 Å². The fraction of sp³-hybridized carbons (Fsp3) is 0.543. The van der Waals surface area contributed by atoms with Crippen molar-refractivity contribution >= 4 is 49.4 Å². The first-order valence-electron chi connectivity index (χ1n) is 17.5. The van der Waals surface area contributed by atoms with Gasteiger partial charge in [0.05, 0.1) is 11.2 Å². The van der Waals surface area contributed by atoms with Crippen LogP contribution in [0.1, 0.15) is 70.9 Å². The molecule has 0 radical (unpaired) electrons. The van der Waals surface area contributed by atoms with Gasteiger partial charge in [-0.3, -0.25) is 9.36 Å². The van der Waals surface area contributed by atoms with Crippen LogP contribution >= 0.6 is 0 Å². The molecule has 272 valence electrons. The van der Waals surface area contributed by atoms with Gasteiger partial charge in [0.25, 0.3) is 5.91 Å². The van der Waals surface area contributed by atoms with Crippen molar-refractivity contribution in [1.82, 2.24) is 29.6 Å². The molecule has 0 aliphatic carbocycles. The minimum absolute atomic E-state index is 0.320. The number of sulfonamides is 1. The summed E-state index contributed by atoms with van der Waals surface area (Å²) in [4.78, 5) is 27.6. The van der Waals surface area contributed by atoms with E-state index in [1.807, 2.05) is 43.3 Å². The molecular formula is C35H50N8O6S. The van der Waals surface area contributed by atoms with Crippen molar-refractivity contribution in [3.8, 4) is 0 Å². The number of amides is 1. The van der Waals surface area contributed by atoms with E-state index in [4.69, 9.17) is 4.74 Å². The van der Waals surface area contributed by atoms with Crippen molar-refractivity contribution in [1.29, 1.82) is 0 Å². The summed E-state index contributed by atoms with van der Waals surface area (Å²) in [6.45, 7) is 3.28. The Bertz CT molecular complexity index is 1830. The van der Waals surface area contributed by atoms with E-state index in [9.17, 15) is 23.4 Å². The summed E-state index contributed by atoms with van der Waals surface area (Å²) in [7, 11) is 0.301. The smallest absolute Gasteiger partial charge is 0.252 e. The summed E-state index contributed by atoms with van der Waals surface area (Å²) in [6.07, 6.45) is 7.41. The van der Waals surface area contributed by atoms with E-state index < -0.39 is 40.5 Å².